The van der Waals surface area contributed by atoms with E-state index in [-0.39, 0.29) is 18.4 Å². The zero-order valence-electron chi connectivity index (χ0n) is 11.0. The molecule has 4 amide bonds. The van der Waals surface area contributed by atoms with E-state index in [1.54, 1.807) is 28.9 Å². The maximum absolute atomic E-state index is 12.3. The summed E-state index contributed by atoms with van der Waals surface area (Å²) < 4.78 is 1.55. The van der Waals surface area contributed by atoms with E-state index in [2.05, 4.69) is 15.7 Å². The molecule has 1 aromatic rings. The van der Waals surface area contributed by atoms with Gasteiger partial charge < -0.3 is 10.2 Å². The molecule has 2 fully saturated rings. The van der Waals surface area contributed by atoms with Gasteiger partial charge in [0.1, 0.15) is 11.2 Å². The number of carbonyl (C=O) groups is 3. The predicted octanol–water partition coefficient (Wildman–Crippen LogP) is -0.766. The summed E-state index contributed by atoms with van der Waals surface area (Å²) in [7, 11) is 1.74. The number of aryl methyl sites for hydroxylation is 1. The van der Waals surface area contributed by atoms with Crippen LogP contribution in [0.2, 0.25) is 0 Å². The fourth-order valence-corrected chi connectivity index (χ4v) is 2.74. The third kappa shape index (κ3) is 1.93. The second-order valence-electron chi connectivity index (χ2n) is 5.20. The number of imide groups is 1. The van der Waals surface area contributed by atoms with Crippen molar-refractivity contribution in [3.63, 3.8) is 0 Å². The summed E-state index contributed by atoms with van der Waals surface area (Å²) in [6.45, 7) is 0.736. The molecule has 1 unspecified atom stereocenters. The fourth-order valence-electron chi connectivity index (χ4n) is 2.74. The fraction of sp³-hybridized carbons (Fsp3) is 0.500. The van der Waals surface area contributed by atoms with E-state index < -0.39 is 11.6 Å². The van der Waals surface area contributed by atoms with Gasteiger partial charge in [-0.25, -0.2) is 4.79 Å². The molecule has 0 radical (unpaired) electrons. The quantitative estimate of drug-likeness (QED) is 0.659. The molecule has 8 nitrogen and oxygen atoms in total. The van der Waals surface area contributed by atoms with Crippen LogP contribution in [0.1, 0.15) is 23.3 Å². The lowest BCUT2D eigenvalue weighted by Gasteiger charge is -2.37. The number of likely N-dealkylation sites (tertiary alicyclic amines) is 1. The first-order chi connectivity index (χ1) is 9.50. The van der Waals surface area contributed by atoms with Crippen molar-refractivity contribution in [1.82, 2.24) is 25.3 Å². The summed E-state index contributed by atoms with van der Waals surface area (Å²) in [4.78, 5) is 37.1. The van der Waals surface area contributed by atoms with E-state index >= 15 is 0 Å². The molecule has 0 aromatic carbocycles. The summed E-state index contributed by atoms with van der Waals surface area (Å²) in [6, 6.07) is 1.14. The van der Waals surface area contributed by atoms with Gasteiger partial charge in [0.05, 0.1) is 6.54 Å². The summed E-state index contributed by atoms with van der Waals surface area (Å²) in [5.41, 5.74) is -0.644. The van der Waals surface area contributed by atoms with Crippen LogP contribution >= 0.6 is 0 Å². The molecule has 2 aliphatic rings. The van der Waals surface area contributed by atoms with Gasteiger partial charge in [-0.15, -0.1) is 0 Å². The van der Waals surface area contributed by atoms with Crippen LogP contribution in [0.5, 0.6) is 0 Å². The zero-order valence-corrected chi connectivity index (χ0v) is 11.0. The van der Waals surface area contributed by atoms with Gasteiger partial charge in [0.15, 0.2) is 0 Å². The number of carbonyl (C=O) groups excluding carboxylic acids is 3. The lowest BCUT2D eigenvalue weighted by molar-refractivity contribution is -0.125. The smallest absolute Gasteiger partial charge is 0.322 e. The van der Waals surface area contributed by atoms with Crippen molar-refractivity contribution < 1.29 is 14.4 Å². The molecule has 106 valence electrons. The Balaban J connectivity index is 1.80. The molecule has 1 atom stereocenters. The largest absolute Gasteiger partial charge is 0.334 e. The predicted molar refractivity (Wildman–Crippen MR) is 67.8 cm³/mol. The first kappa shape index (κ1) is 12.6. The molecule has 1 spiro atoms. The van der Waals surface area contributed by atoms with E-state index in [0.717, 1.165) is 0 Å². The van der Waals surface area contributed by atoms with Gasteiger partial charge in [0, 0.05) is 19.8 Å². The highest BCUT2D eigenvalue weighted by Gasteiger charge is 2.49. The number of hydrogen-bond donors (Lipinski definition) is 2. The molecule has 2 saturated heterocycles. The molecular weight excluding hydrogens is 262 g/mol. The maximum atomic E-state index is 12.3. The number of aromatic nitrogens is 2. The van der Waals surface area contributed by atoms with Crippen LogP contribution in [0.3, 0.4) is 0 Å². The Morgan fingerprint density at radius 2 is 2.25 bits per heavy atom. The first-order valence-electron chi connectivity index (χ1n) is 6.43. The van der Waals surface area contributed by atoms with Crippen LogP contribution in [0.25, 0.3) is 0 Å². The summed E-state index contributed by atoms with van der Waals surface area (Å²) >= 11 is 0. The van der Waals surface area contributed by atoms with Crippen molar-refractivity contribution in [2.45, 2.75) is 18.4 Å². The van der Waals surface area contributed by atoms with Gasteiger partial charge >= 0.3 is 6.03 Å². The molecular formula is C12H15N5O3. The van der Waals surface area contributed by atoms with Crippen LogP contribution in [0.4, 0.5) is 4.79 Å². The van der Waals surface area contributed by atoms with E-state index in [9.17, 15) is 14.4 Å². The molecule has 8 heteroatoms. The average Bonchev–Trinajstić information content (AvgIpc) is 2.94. The van der Waals surface area contributed by atoms with E-state index in [0.29, 0.717) is 25.1 Å². The monoisotopic (exact) mass is 277 g/mol. The number of urea groups is 1. The van der Waals surface area contributed by atoms with Gasteiger partial charge in [-0.3, -0.25) is 19.6 Å². The highest BCUT2D eigenvalue weighted by molar-refractivity contribution is 6.07. The van der Waals surface area contributed by atoms with Crippen LogP contribution in [0.15, 0.2) is 12.3 Å². The van der Waals surface area contributed by atoms with Crippen molar-refractivity contribution >= 4 is 17.8 Å². The Morgan fingerprint density at radius 3 is 2.85 bits per heavy atom. The van der Waals surface area contributed by atoms with Crippen molar-refractivity contribution in [2.24, 2.45) is 7.05 Å². The number of nitrogens with one attached hydrogen (secondary N) is 2. The third-order valence-corrected chi connectivity index (χ3v) is 3.73. The van der Waals surface area contributed by atoms with Crippen molar-refractivity contribution in [3.8, 4) is 0 Å². The average molecular weight is 277 g/mol. The maximum Gasteiger partial charge on any atom is 0.322 e. The molecule has 20 heavy (non-hydrogen) atoms. The molecule has 0 saturated carbocycles. The van der Waals surface area contributed by atoms with Crippen LogP contribution in [-0.4, -0.2) is 51.2 Å². The standard InChI is InChI=1S/C12H15N5O3/c1-16-6-3-8(15-16)9(18)17-5-2-4-12(7-17)10(19)13-11(20)14-12/h3,6H,2,4-5,7H2,1H3,(H2,13,14,19,20). The Labute approximate surface area is 115 Å². The van der Waals surface area contributed by atoms with Gasteiger partial charge in [-0.2, -0.15) is 5.10 Å². The van der Waals surface area contributed by atoms with Gasteiger partial charge in [-0.1, -0.05) is 0 Å². The lowest BCUT2D eigenvalue weighted by atomic mass is 9.89. The van der Waals surface area contributed by atoms with Crippen LogP contribution < -0.4 is 10.6 Å². The Morgan fingerprint density at radius 1 is 1.45 bits per heavy atom. The minimum absolute atomic E-state index is 0.181. The van der Waals surface area contributed by atoms with E-state index in [1.807, 2.05) is 0 Å². The number of nitrogens with zero attached hydrogens (tertiary/aromatic N) is 3. The molecule has 3 rings (SSSR count). The Kier molecular flexibility index (Phi) is 2.73. The highest BCUT2D eigenvalue weighted by Crippen LogP contribution is 2.25. The Hall–Kier alpha value is -2.38. The molecule has 2 aliphatic heterocycles. The van der Waals surface area contributed by atoms with Crippen molar-refractivity contribution in [3.05, 3.63) is 18.0 Å². The summed E-state index contributed by atoms with van der Waals surface area (Å²) in [5.74, 6) is -0.584. The van der Waals surface area contributed by atoms with Gasteiger partial charge in [0.2, 0.25) is 0 Å². The number of hydrogen-bond acceptors (Lipinski definition) is 4. The molecule has 0 bridgehead atoms. The van der Waals surface area contributed by atoms with Crippen molar-refractivity contribution in [1.29, 1.82) is 0 Å². The van der Waals surface area contributed by atoms with Crippen LogP contribution in [-0.2, 0) is 11.8 Å². The first-order valence-corrected chi connectivity index (χ1v) is 6.43. The van der Waals surface area contributed by atoms with Crippen molar-refractivity contribution in [2.75, 3.05) is 13.1 Å². The molecule has 3 heterocycles. The molecule has 0 aliphatic carbocycles. The molecule has 1 aromatic heterocycles. The van der Waals surface area contributed by atoms with Gasteiger partial charge in [0.25, 0.3) is 11.8 Å². The van der Waals surface area contributed by atoms with Gasteiger partial charge in [-0.05, 0) is 18.9 Å². The summed E-state index contributed by atoms with van der Waals surface area (Å²) in [5, 5.41) is 8.95. The highest BCUT2D eigenvalue weighted by atomic mass is 16.2. The zero-order chi connectivity index (χ0) is 14.3. The minimum atomic E-state index is -0.986. The molecule has 2 N–H and O–H groups in total. The summed E-state index contributed by atoms with van der Waals surface area (Å²) in [6.07, 6.45) is 2.89. The second-order valence-corrected chi connectivity index (χ2v) is 5.20. The minimum Gasteiger partial charge on any atom is -0.334 e. The van der Waals surface area contributed by atoms with E-state index in [4.69, 9.17) is 0 Å². The number of amides is 4. The SMILES string of the molecule is Cn1ccc(C(=O)N2CCCC3(C2)NC(=O)NC3=O)n1. The Bertz CT molecular complexity index is 596. The third-order valence-electron chi connectivity index (χ3n) is 3.73. The normalized spacial score (nSPS) is 25.8. The number of piperidine rings is 1. The topological polar surface area (TPSA) is 96.3 Å². The lowest BCUT2D eigenvalue weighted by Crippen LogP contribution is -2.59. The van der Waals surface area contributed by atoms with E-state index in [1.165, 1.54) is 0 Å². The second kappa shape index (κ2) is 4.32. The number of rotatable bonds is 1. The van der Waals surface area contributed by atoms with Crippen LogP contribution in [0, 0.1) is 0 Å².